The lowest BCUT2D eigenvalue weighted by atomic mass is 10.0. The van der Waals surface area contributed by atoms with E-state index in [0.29, 0.717) is 24.5 Å². The van der Waals surface area contributed by atoms with E-state index in [1.165, 1.54) is 0 Å². The van der Waals surface area contributed by atoms with Gasteiger partial charge in [0.15, 0.2) is 0 Å². The first-order chi connectivity index (χ1) is 12.6. The van der Waals surface area contributed by atoms with Crippen molar-refractivity contribution in [3.05, 3.63) is 58.0 Å². The van der Waals surface area contributed by atoms with Crippen LogP contribution in [0.25, 0.3) is 11.0 Å². The minimum atomic E-state index is -0.321. The molecule has 0 spiro atoms. The van der Waals surface area contributed by atoms with Gasteiger partial charge in [0.2, 0.25) is 0 Å². The zero-order chi connectivity index (χ0) is 18.5. The molecule has 0 saturated heterocycles. The quantitative estimate of drug-likeness (QED) is 0.578. The lowest BCUT2D eigenvalue weighted by Gasteiger charge is -2.13. The third kappa shape index (κ3) is 3.80. The largest absolute Gasteiger partial charge is 0.487 e. The van der Waals surface area contributed by atoms with Crippen LogP contribution in [0, 0.1) is 6.92 Å². The molecule has 6 nitrogen and oxygen atoms in total. The van der Waals surface area contributed by atoms with Crippen molar-refractivity contribution in [1.82, 2.24) is 9.55 Å². The Labute approximate surface area is 152 Å². The summed E-state index contributed by atoms with van der Waals surface area (Å²) >= 11 is 0. The maximum absolute atomic E-state index is 11.9. The number of benzene rings is 1. The monoisotopic (exact) mass is 356 g/mol. The molecule has 0 unspecified atom stereocenters. The molecule has 2 aromatic heterocycles. The van der Waals surface area contributed by atoms with Gasteiger partial charge in [-0.25, -0.2) is 9.78 Å². The molecule has 0 bridgehead atoms. The Morgan fingerprint density at radius 2 is 2.15 bits per heavy atom. The van der Waals surface area contributed by atoms with Crippen LogP contribution >= 0.6 is 0 Å². The highest BCUT2D eigenvalue weighted by molar-refractivity contribution is 5.84. The molecular weight excluding hydrogens is 332 g/mol. The fraction of sp³-hybridized carbons (Fsp3) is 0.400. The average Bonchev–Trinajstić information content (AvgIpc) is 3.07. The van der Waals surface area contributed by atoms with Crippen LogP contribution < -0.4 is 10.4 Å². The Hall–Kier alpha value is -2.60. The zero-order valence-corrected chi connectivity index (χ0v) is 15.4. The van der Waals surface area contributed by atoms with Crippen molar-refractivity contribution >= 4 is 11.0 Å². The van der Waals surface area contributed by atoms with Gasteiger partial charge in [0.05, 0.1) is 24.8 Å². The van der Waals surface area contributed by atoms with E-state index in [-0.39, 0.29) is 5.63 Å². The number of hydrogen-bond acceptors (Lipinski definition) is 5. The van der Waals surface area contributed by atoms with Crippen LogP contribution in [0.3, 0.4) is 0 Å². The Balaban J connectivity index is 1.86. The molecule has 3 aromatic rings. The van der Waals surface area contributed by atoms with Gasteiger partial charge in [-0.15, -0.1) is 0 Å². The number of hydrogen-bond donors (Lipinski definition) is 0. The minimum absolute atomic E-state index is 0.321. The van der Waals surface area contributed by atoms with Gasteiger partial charge >= 0.3 is 5.63 Å². The van der Waals surface area contributed by atoms with Crippen LogP contribution in [-0.4, -0.2) is 23.3 Å². The van der Waals surface area contributed by atoms with Crippen molar-refractivity contribution in [3.8, 4) is 5.75 Å². The summed E-state index contributed by atoms with van der Waals surface area (Å²) in [4.78, 5) is 16.1. The van der Waals surface area contributed by atoms with Gasteiger partial charge in [0.25, 0.3) is 0 Å². The second-order valence-corrected chi connectivity index (χ2v) is 6.27. The molecule has 0 amide bonds. The minimum Gasteiger partial charge on any atom is -0.487 e. The van der Waals surface area contributed by atoms with Crippen LogP contribution in [0.2, 0.25) is 0 Å². The van der Waals surface area contributed by atoms with Gasteiger partial charge in [0.1, 0.15) is 17.9 Å². The smallest absolute Gasteiger partial charge is 0.336 e. The summed E-state index contributed by atoms with van der Waals surface area (Å²) in [6.07, 6.45) is 5.37. The van der Waals surface area contributed by atoms with Crippen LogP contribution in [0.15, 0.2) is 39.9 Å². The van der Waals surface area contributed by atoms with Crippen LogP contribution in [-0.2, 0) is 24.3 Å². The van der Waals surface area contributed by atoms with Gasteiger partial charge in [-0.05, 0) is 31.0 Å². The summed E-state index contributed by atoms with van der Waals surface area (Å²) in [7, 11) is 1.67. The Kier molecular flexibility index (Phi) is 5.73. The summed E-state index contributed by atoms with van der Waals surface area (Å²) in [5, 5.41) is 0.974. The number of rotatable bonds is 8. The number of fused-ring (bicyclic) bond motifs is 1. The standard InChI is InChI=1S/C20H24N2O4/c1-4-5-15-10-19(23)26-20-14(2)18(7-6-17(15)20)25-12-16-11-21-13-22(16)8-9-24-3/h6-7,10-11,13H,4-5,8-9,12H2,1-3H3. The first-order valence-electron chi connectivity index (χ1n) is 8.81. The summed E-state index contributed by atoms with van der Waals surface area (Å²) in [5.41, 5.74) is 3.10. The van der Waals surface area contributed by atoms with Crippen molar-refractivity contribution in [2.75, 3.05) is 13.7 Å². The van der Waals surface area contributed by atoms with E-state index in [1.54, 1.807) is 25.7 Å². The topological polar surface area (TPSA) is 66.5 Å². The molecule has 0 radical (unpaired) electrons. The van der Waals surface area contributed by atoms with E-state index < -0.39 is 0 Å². The van der Waals surface area contributed by atoms with Crippen LogP contribution in [0.5, 0.6) is 5.75 Å². The highest BCUT2D eigenvalue weighted by atomic mass is 16.5. The summed E-state index contributed by atoms with van der Waals surface area (Å²) in [6, 6.07) is 5.49. The van der Waals surface area contributed by atoms with Crippen LogP contribution in [0.4, 0.5) is 0 Å². The molecule has 0 aliphatic carbocycles. The second-order valence-electron chi connectivity index (χ2n) is 6.27. The van der Waals surface area contributed by atoms with Crippen molar-refractivity contribution in [3.63, 3.8) is 0 Å². The third-order valence-electron chi connectivity index (χ3n) is 4.43. The molecule has 0 N–H and O–H groups in total. The SMILES string of the molecule is CCCc1cc(=O)oc2c(C)c(OCc3cncn3CCOC)ccc12. The molecule has 0 aliphatic rings. The average molecular weight is 356 g/mol. The van der Waals surface area contributed by atoms with Crippen molar-refractivity contribution < 1.29 is 13.9 Å². The fourth-order valence-corrected chi connectivity index (χ4v) is 3.05. The maximum Gasteiger partial charge on any atom is 0.336 e. The lowest BCUT2D eigenvalue weighted by Crippen LogP contribution is -2.09. The van der Waals surface area contributed by atoms with E-state index >= 15 is 0 Å². The Bertz CT molecular complexity index is 943. The van der Waals surface area contributed by atoms with E-state index in [1.807, 2.05) is 23.6 Å². The molecule has 0 saturated carbocycles. The highest BCUT2D eigenvalue weighted by Gasteiger charge is 2.12. The molecule has 1 aromatic carbocycles. The van der Waals surface area contributed by atoms with Gasteiger partial charge in [-0.2, -0.15) is 0 Å². The molecule has 0 atom stereocenters. The van der Waals surface area contributed by atoms with Crippen molar-refractivity contribution in [2.24, 2.45) is 0 Å². The zero-order valence-electron chi connectivity index (χ0n) is 15.4. The molecule has 3 rings (SSSR count). The van der Waals surface area contributed by atoms with E-state index in [0.717, 1.165) is 41.6 Å². The number of nitrogens with zero attached hydrogens (tertiary/aromatic N) is 2. The van der Waals surface area contributed by atoms with Gasteiger partial charge < -0.3 is 18.5 Å². The normalized spacial score (nSPS) is 11.2. The summed E-state index contributed by atoms with van der Waals surface area (Å²) in [5.74, 6) is 0.703. The predicted molar refractivity (Wildman–Crippen MR) is 99.7 cm³/mol. The molecule has 6 heteroatoms. The summed E-state index contributed by atoms with van der Waals surface area (Å²) < 4.78 is 18.6. The van der Waals surface area contributed by atoms with E-state index in [2.05, 4.69) is 11.9 Å². The maximum atomic E-state index is 11.9. The fourth-order valence-electron chi connectivity index (χ4n) is 3.05. The van der Waals surface area contributed by atoms with Gasteiger partial charge in [-0.3, -0.25) is 0 Å². The van der Waals surface area contributed by atoms with E-state index in [4.69, 9.17) is 13.9 Å². The lowest BCUT2D eigenvalue weighted by molar-refractivity contribution is 0.184. The Morgan fingerprint density at radius 3 is 2.92 bits per heavy atom. The number of aromatic nitrogens is 2. The highest BCUT2D eigenvalue weighted by Crippen LogP contribution is 2.29. The molecule has 26 heavy (non-hydrogen) atoms. The third-order valence-corrected chi connectivity index (χ3v) is 4.43. The molecule has 2 heterocycles. The number of aryl methyl sites for hydroxylation is 2. The number of methoxy groups -OCH3 is 1. The molecular formula is C20H24N2O4. The van der Waals surface area contributed by atoms with Gasteiger partial charge in [-0.1, -0.05) is 13.3 Å². The van der Waals surface area contributed by atoms with Crippen molar-refractivity contribution in [1.29, 1.82) is 0 Å². The number of ether oxygens (including phenoxy) is 2. The predicted octanol–water partition coefficient (Wildman–Crippen LogP) is 3.48. The Morgan fingerprint density at radius 1 is 1.31 bits per heavy atom. The first kappa shape index (κ1) is 18.2. The summed E-state index contributed by atoms with van der Waals surface area (Å²) in [6.45, 7) is 5.73. The molecule has 0 fully saturated rings. The molecule has 138 valence electrons. The van der Waals surface area contributed by atoms with Gasteiger partial charge in [0, 0.05) is 30.7 Å². The van der Waals surface area contributed by atoms with Crippen LogP contribution in [0.1, 0.15) is 30.2 Å². The first-order valence-corrected chi connectivity index (χ1v) is 8.81. The number of imidazole rings is 1. The second kappa shape index (κ2) is 8.19. The molecule has 0 aliphatic heterocycles. The van der Waals surface area contributed by atoms with E-state index in [9.17, 15) is 4.79 Å². The van der Waals surface area contributed by atoms with Crippen molar-refractivity contribution in [2.45, 2.75) is 39.8 Å².